The minimum absolute atomic E-state index is 0.0934. The number of aromatic nitrogens is 1. The van der Waals surface area contributed by atoms with Crippen molar-refractivity contribution < 1.29 is 18.3 Å². The molecule has 8 heteroatoms. The van der Waals surface area contributed by atoms with Gasteiger partial charge >= 0.3 is 0 Å². The molecule has 1 amide bonds. The van der Waals surface area contributed by atoms with Gasteiger partial charge in [-0.05, 0) is 99.4 Å². The molecule has 228 valence electrons. The van der Waals surface area contributed by atoms with Gasteiger partial charge in [-0.15, -0.1) is 0 Å². The number of aryl methyl sites for hydroxylation is 3. The van der Waals surface area contributed by atoms with Crippen molar-refractivity contribution in [2.75, 3.05) is 29.6 Å². The summed E-state index contributed by atoms with van der Waals surface area (Å²) in [4.78, 5) is 34.2. The van der Waals surface area contributed by atoms with Gasteiger partial charge in [0, 0.05) is 61.3 Å². The molecular weight excluding hydrogens is 548 g/mol. The number of carbonyl (C=O) groups is 1. The third-order valence-electron chi connectivity index (χ3n) is 9.93. The number of benzene rings is 2. The molecular formula is C35H41F2N3O3. The first-order valence-corrected chi connectivity index (χ1v) is 15.5. The lowest BCUT2D eigenvalue weighted by molar-refractivity contribution is -0.128. The van der Waals surface area contributed by atoms with Gasteiger partial charge in [0.25, 0.3) is 5.56 Å². The van der Waals surface area contributed by atoms with Gasteiger partial charge in [-0.25, -0.2) is 8.78 Å². The Morgan fingerprint density at radius 1 is 0.930 bits per heavy atom. The molecule has 1 spiro atoms. The Morgan fingerprint density at radius 2 is 1.60 bits per heavy atom. The fourth-order valence-corrected chi connectivity index (χ4v) is 7.46. The van der Waals surface area contributed by atoms with E-state index in [4.69, 9.17) is 4.74 Å². The SMILES string of the molecule is CCN(c1cc(-c2ccc3c(c2)N(Cc2c(C)cc(C)[nH]c2=O)C(=O)C32CCC(F)(F)CC2)ccc1C)C1CCOCC1. The number of fused-ring (bicyclic) bond motifs is 2. The van der Waals surface area contributed by atoms with Crippen LogP contribution < -0.4 is 15.4 Å². The summed E-state index contributed by atoms with van der Waals surface area (Å²) < 4.78 is 34.3. The molecule has 6 nitrogen and oxygen atoms in total. The van der Waals surface area contributed by atoms with Gasteiger partial charge in [0.1, 0.15) is 0 Å². The highest BCUT2D eigenvalue weighted by Crippen LogP contribution is 2.54. The summed E-state index contributed by atoms with van der Waals surface area (Å²) in [7, 11) is 0. The molecule has 3 aliphatic rings. The molecule has 2 aromatic carbocycles. The Balaban J connectivity index is 1.43. The maximum absolute atomic E-state index is 14.3. The summed E-state index contributed by atoms with van der Waals surface area (Å²) in [5.74, 6) is -2.95. The topological polar surface area (TPSA) is 65.6 Å². The molecule has 3 aromatic rings. The quantitative estimate of drug-likeness (QED) is 0.337. The van der Waals surface area contributed by atoms with Gasteiger partial charge in [-0.1, -0.05) is 24.3 Å². The van der Waals surface area contributed by atoms with Crippen LogP contribution >= 0.6 is 0 Å². The first-order chi connectivity index (χ1) is 20.5. The van der Waals surface area contributed by atoms with Crippen molar-refractivity contribution >= 4 is 17.3 Å². The number of nitrogens with one attached hydrogen (secondary N) is 1. The van der Waals surface area contributed by atoms with Crippen molar-refractivity contribution in [3.63, 3.8) is 0 Å². The number of alkyl halides is 2. The molecule has 1 N–H and O–H groups in total. The zero-order valence-electron chi connectivity index (χ0n) is 25.6. The number of H-pyrrole nitrogens is 1. The lowest BCUT2D eigenvalue weighted by Crippen LogP contribution is -2.45. The Labute approximate surface area is 252 Å². The molecule has 0 bridgehead atoms. The molecule has 2 fully saturated rings. The largest absolute Gasteiger partial charge is 0.381 e. The van der Waals surface area contributed by atoms with Crippen LogP contribution in [0.4, 0.5) is 20.2 Å². The number of aromatic amines is 1. The predicted molar refractivity (Wildman–Crippen MR) is 166 cm³/mol. The number of hydrogen-bond donors (Lipinski definition) is 1. The van der Waals surface area contributed by atoms with E-state index in [0.29, 0.717) is 17.3 Å². The van der Waals surface area contributed by atoms with E-state index in [1.165, 1.54) is 11.3 Å². The number of carbonyl (C=O) groups excluding carboxylic acids is 1. The van der Waals surface area contributed by atoms with Crippen molar-refractivity contribution in [2.24, 2.45) is 0 Å². The highest BCUT2D eigenvalue weighted by molar-refractivity contribution is 6.08. The summed E-state index contributed by atoms with van der Waals surface area (Å²) in [6, 6.07) is 14.8. The van der Waals surface area contributed by atoms with Crippen LogP contribution in [0, 0.1) is 20.8 Å². The van der Waals surface area contributed by atoms with E-state index >= 15 is 0 Å². The van der Waals surface area contributed by atoms with Crippen LogP contribution in [-0.4, -0.2) is 42.6 Å². The number of pyridine rings is 1. The fourth-order valence-electron chi connectivity index (χ4n) is 7.46. The Kier molecular flexibility index (Phi) is 7.69. The van der Waals surface area contributed by atoms with Crippen LogP contribution in [0.5, 0.6) is 0 Å². The lowest BCUT2D eigenvalue weighted by Gasteiger charge is -2.36. The zero-order chi connectivity index (χ0) is 30.5. The average Bonchev–Trinajstić information content (AvgIpc) is 3.20. The first kappa shape index (κ1) is 29.5. The van der Waals surface area contributed by atoms with Gasteiger partial charge in [0.2, 0.25) is 11.8 Å². The second-order valence-corrected chi connectivity index (χ2v) is 12.6. The number of halogens is 2. The monoisotopic (exact) mass is 589 g/mol. The van der Waals surface area contributed by atoms with E-state index in [1.807, 2.05) is 38.1 Å². The minimum atomic E-state index is -2.77. The summed E-state index contributed by atoms with van der Waals surface area (Å²) >= 11 is 0. The molecule has 0 unspecified atom stereocenters. The smallest absolute Gasteiger partial charge is 0.253 e. The molecule has 3 heterocycles. The molecule has 6 rings (SSSR count). The van der Waals surface area contributed by atoms with Crippen molar-refractivity contribution in [3.8, 4) is 11.1 Å². The molecule has 43 heavy (non-hydrogen) atoms. The summed E-state index contributed by atoms with van der Waals surface area (Å²) in [6.45, 7) is 10.5. The number of nitrogens with zero attached hydrogens (tertiary/aromatic N) is 2. The van der Waals surface area contributed by atoms with E-state index in [1.54, 1.807) is 4.90 Å². The third-order valence-corrected chi connectivity index (χ3v) is 9.93. The zero-order valence-corrected chi connectivity index (χ0v) is 25.6. The van der Waals surface area contributed by atoms with E-state index in [9.17, 15) is 18.4 Å². The molecule has 0 radical (unpaired) electrons. The first-order valence-electron chi connectivity index (χ1n) is 15.5. The Bertz CT molecular complexity index is 1600. The third kappa shape index (κ3) is 5.28. The maximum Gasteiger partial charge on any atom is 0.253 e. The van der Waals surface area contributed by atoms with E-state index in [0.717, 1.165) is 60.5 Å². The summed E-state index contributed by atoms with van der Waals surface area (Å²) in [5, 5.41) is 0. The van der Waals surface area contributed by atoms with Gasteiger partial charge in [-0.3, -0.25) is 9.59 Å². The van der Waals surface area contributed by atoms with Gasteiger partial charge in [0.15, 0.2) is 0 Å². The normalized spacial score (nSPS) is 19.6. The van der Waals surface area contributed by atoms with Gasteiger partial charge in [0.05, 0.1) is 12.0 Å². The number of hydrogen-bond acceptors (Lipinski definition) is 4. The van der Waals surface area contributed by atoms with Crippen molar-refractivity contribution in [1.82, 2.24) is 4.98 Å². The number of anilines is 2. The summed E-state index contributed by atoms with van der Waals surface area (Å²) in [5.41, 5.74) is 6.73. The van der Waals surface area contributed by atoms with Crippen LogP contribution in [0.1, 0.15) is 73.4 Å². The van der Waals surface area contributed by atoms with Crippen molar-refractivity contribution in [3.05, 3.63) is 80.8 Å². The molecule has 1 aromatic heterocycles. The molecule has 1 saturated heterocycles. The van der Waals surface area contributed by atoms with Crippen molar-refractivity contribution in [1.29, 1.82) is 0 Å². The van der Waals surface area contributed by atoms with Gasteiger partial charge < -0.3 is 19.5 Å². The molecule has 1 aliphatic carbocycles. The van der Waals surface area contributed by atoms with E-state index in [2.05, 4.69) is 41.9 Å². The highest BCUT2D eigenvalue weighted by atomic mass is 19.3. The molecule has 1 saturated carbocycles. The standard InChI is InChI=1S/C35H41F2N3O3/c1-5-39(27-10-16-43-17-11-27)30-19-25(7-6-22(30)2)26-8-9-29-31(20-26)40(21-28-23(3)18-24(4)38-32(28)41)33(42)34(29)12-14-35(36,37)15-13-34/h6-9,18-20,27H,5,10-17,21H2,1-4H3,(H,38,41). The maximum atomic E-state index is 14.3. The van der Waals surface area contributed by atoms with Gasteiger partial charge in [-0.2, -0.15) is 0 Å². The number of ether oxygens (including phenoxy) is 1. The fraction of sp³-hybridized carbons (Fsp3) is 0.486. The Morgan fingerprint density at radius 3 is 2.28 bits per heavy atom. The second-order valence-electron chi connectivity index (χ2n) is 12.6. The lowest BCUT2D eigenvalue weighted by atomic mass is 9.69. The molecule has 0 atom stereocenters. The Hall–Kier alpha value is -3.52. The average molecular weight is 590 g/mol. The predicted octanol–water partition coefficient (Wildman–Crippen LogP) is 6.97. The number of rotatable bonds is 6. The second kappa shape index (κ2) is 11.2. The van der Waals surface area contributed by atoms with Crippen LogP contribution in [0.15, 0.2) is 47.3 Å². The molecule has 2 aliphatic heterocycles. The van der Waals surface area contributed by atoms with Crippen LogP contribution in [0.3, 0.4) is 0 Å². The van der Waals surface area contributed by atoms with E-state index < -0.39 is 11.3 Å². The van der Waals surface area contributed by atoms with Crippen LogP contribution in [0.2, 0.25) is 0 Å². The summed E-state index contributed by atoms with van der Waals surface area (Å²) in [6.07, 6.45) is 1.53. The van der Waals surface area contributed by atoms with E-state index in [-0.39, 0.29) is 43.7 Å². The number of amides is 1. The minimum Gasteiger partial charge on any atom is -0.381 e. The highest BCUT2D eigenvalue weighted by Gasteiger charge is 2.55. The van der Waals surface area contributed by atoms with Crippen molar-refractivity contribution in [2.45, 2.75) is 90.1 Å². The van der Waals surface area contributed by atoms with Crippen LogP contribution in [-0.2, 0) is 21.5 Å². The van der Waals surface area contributed by atoms with Crippen LogP contribution in [0.25, 0.3) is 11.1 Å².